The fourth-order valence-corrected chi connectivity index (χ4v) is 3.55. The van der Waals surface area contributed by atoms with Crippen molar-refractivity contribution in [2.24, 2.45) is 22.9 Å². The molecule has 0 aliphatic heterocycles. The molecule has 1 saturated carbocycles. The molecular weight excluding hydrogens is 300 g/mol. The van der Waals surface area contributed by atoms with E-state index in [9.17, 15) is 4.79 Å². The smallest absolute Gasteiger partial charge is 0.260 e. The molecule has 1 fully saturated rings. The lowest BCUT2D eigenvalue weighted by Gasteiger charge is -2.30. The predicted octanol–water partition coefficient (Wildman–Crippen LogP) is 3.60. The van der Waals surface area contributed by atoms with Crippen molar-refractivity contribution in [2.45, 2.75) is 46.6 Å². The first kappa shape index (κ1) is 16.7. The molecule has 1 N–H and O–H groups in total. The lowest BCUT2D eigenvalue weighted by molar-refractivity contribution is -0.121. The number of rotatable bonds is 4. The second-order valence-electron chi connectivity index (χ2n) is 7.24. The van der Waals surface area contributed by atoms with Gasteiger partial charge in [-0.3, -0.25) is 4.79 Å². The molecule has 5 heteroatoms. The summed E-state index contributed by atoms with van der Waals surface area (Å²) >= 11 is 0. The van der Waals surface area contributed by atoms with Crippen LogP contribution in [0.15, 0.2) is 35.7 Å². The molecule has 1 amide bonds. The van der Waals surface area contributed by atoms with Crippen LogP contribution in [0, 0.1) is 17.8 Å². The zero-order valence-electron chi connectivity index (χ0n) is 14.7. The number of hydrazone groups is 1. The number of para-hydroxylation sites is 2. The second kappa shape index (κ2) is 7.16. The summed E-state index contributed by atoms with van der Waals surface area (Å²) in [4.78, 5) is 16.6. The van der Waals surface area contributed by atoms with Crippen molar-refractivity contribution in [3.8, 4) is 0 Å². The van der Waals surface area contributed by atoms with Crippen LogP contribution in [0.2, 0.25) is 0 Å². The average Bonchev–Trinajstić information content (AvgIpc) is 2.96. The maximum absolute atomic E-state index is 12.3. The first-order valence-corrected chi connectivity index (χ1v) is 8.79. The van der Waals surface area contributed by atoms with Gasteiger partial charge in [0.1, 0.15) is 6.54 Å². The van der Waals surface area contributed by atoms with E-state index in [1.807, 2.05) is 28.8 Å². The number of aromatic nitrogens is 2. The number of nitrogens with zero attached hydrogens (tertiary/aromatic N) is 3. The summed E-state index contributed by atoms with van der Waals surface area (Å²) in [6.07, 6.45) is 5.10. The first-order chi connectivity index (χ1) is 11.5. The molecule has 2 aromatic rings. The summed E-state index contributed by atoms with van der Waals surface area (Å²) in [6.45, 7) is 6.95. The highest BCUT2D eigenvalue weighted by Gasteiger charge is 2.27. The number of hydrogen-bond donors (Lipinski definition) is 1. The van der Waals surface area contributed by atoms with Gasteiger partial charge in [-0.25, -0.2) is 10.4 Å². The van der Waals surface area contributed by atoms with Crippen molar-refractivity contribution < 1.29 is 4.79 Å². The van der Waals surface area contributed by atoms with Crippen LogP contribution in [-0.2, 0) is 11.3 Å². The standard InChI is InChI=1S/C19H26N4O/c1-13(2)15-9-8-14(3)10-17(15)21-22-19(24)11-23-12-20-16-6-4-5-7-18(16)23/h4-7,12-15H,8-11H2,1-3H3,(H,22,24)/t14-,15-/m1/s1. The molecule has 128 valence electrons. The van der Waals surface area contributed by atoms with Gasteiger partial charge in [-0.2, -0.15) is 5.10 Å². The predicted molar refractivity (Wildman–Crippen MR) is 96.7 cm³/mol. The van der Waals surface area contributed by atoms with E-state index in [-0.39, 0.29) is 12.5 Å². The van der Waals surface area contributed by atoms with E-state index in [1.54, 1.807) is 6.33 Å². The fourth-order valence-electron chi connectivity index (χ4n) is 3.55. The van der Waals surface area contributed by atoms with Crippen LogP contribution in [-0.4, -0.2) is 21.2 Å². The third-order valence-corrected chi connectivity index (χ3v) is 4.93. The lowest BCUT2D eigenvalue weighted by Crippen LogP contribution is -2.31. The number of carbonyl (C=O) groups is 1. The minimum Gasteiger partial charge on any atom is -0.321 e. The van der Waals surface area contributed by atoms with Crippen LogP contribution in [0.5, 0.6) is 0 Å². The number of benzene rings is 1. The Morgan fingerprint density at radius 1 is 1.38 bits per heavy atom. The normalized spacial score (nSPS) is 23.1. The highest BCUT2D eigenvalue weighted by atomic mass is 16.2. The van der Waals surface area contributed by atoms with Crippen molar-refractivity contribution in [2.75, 3.05) is 0 Å². The van der Waals surface area contributed by atoms with Crippen LogP contribution in [0.3, 0.4) is 0 Å². The van der Waals surface area contributed by atoms with Crippen LogP contribution in [0.25, 0.3) is 11.0 Å². The average molecular weight is 326 g/mol. The molecule has 2 atom stereocenters. The van der Waals surface area contributed by atoms with Gasteiger partial charge in [-0.05, 0) is 43.2 Å². The zero-order valence-corrected chi connectivity index (χ0v) is 14.7. The summed E-state index contributed by atoms with van der Waals surface area (Å²) < 4.78 is 1.86. The summed E-state index contributed by atoms with van der Waals surface area (Å²) in [5.41, 5.74) is 5.77. The van der Waals surface area contributed by atoms with Gasteiger partial charge >= 0.3 is 0 Å². The number of amides is 1. The van der Waals surface area contributed by atoms with Gasteiger partial charge in [-0.1, -0.05) is 32.9 Å². The Labute approximate surface area is 143 Å². The van der Waals surface area contributed by atoms with Crippen LogP contribution >= 0.6 is 0 Å². The third-order valence-electron chi connectivity index (χ3n) is 4.93. The number of carbonyl (C=O) groups excluding carboxylic acids is 1. The van der Waals surface area contributed by atoms with Crippen molar-refractivity contribution in [1.29, 1.82) is 0 Å². The number of hydrogen-bond acceptors (Lipinski definition) is 3. The van der Waals surface area contributed by atoms with Gasteiger partial charge < -0.3 is 4.57 Å². The van der Waals surface area contributed by atoms with Gasteiger partial charge in [0.15, 0.2) is 0 Å². The Balaban J connectivity index is 1.67. The Morgan fingerprint density at radius 3 is 2.96 bits per heavy atom. The highest BCUT2D eigenvalue weighted by Crippen LogP contribution is 2.31. The maximum atomic E-state index is 12.3. The lowest BCUT2D eigenvalue weighted by atomic mass is 9.76. The van der Waals surface area contributed by atoms with E-state index in [2.05, 4.69) is 36.3 Å². The van der Waals surface area contributed by atoms with Crippen LogP contribution in [0.1, 0.15) is 40.0 Å². The van der Waals surface area contributed by atoms with Crippen LogP contribution in [0.4, 0.5) is 0 Å². The fraction of sp³-hybridized carbons (Fsp3) is 0.526. The molecule has 24 heavy (non-hydrogen) atoms. The molecule has 0 unspecified atom stereocenters. The molecule has 1 aromatic carbocycles. The van der Waals surface area contributed by atoms with E-state index in [4.69, 9.17) is 0 Å². The summed E-state index contributed by atoms with van der Waals surface area (Å²) in [6, 6.07) is 7.82. The third kappa shape index (κ3) is 3.66. The second-order valence-corrected chi connectivity index (χ2v) is 7.24. The van der Waals surface area contributed by atoms with Crippen molar-refractivity contribution in [1.82, 2.24) is 15.0 Å². The zero-order chi connectivity index (χ0) is 17.1. The van der Waals surface area contributed by atoms with E-state index >= 15 is 0 Å². The van der Waals surface area contributed by atoms with Gasteiger partial charge in [0.2, 0.25) is 0 Å². The molecule has 0 radical (unpaired) electrons. The Bertz CT molecular complexity index is 747. The van der Waals surface area contributed by atoms with E-state index in [1.165, 1.54) is 12.8 Å². The topological polar surface area (TPSA) is 59.3 Å². The monoisotopic (exact) mass is 326 g/mol. The van der Waals surface area contributed by atoms with Gasteiger partial charge in [-0.15, -0.1) is 0 Å². The molecule has 1 aliphatic carbocycles. The van der Waals surface area contributed by atoms with E-state index in [0.29, 0.717) is 17.8 Å². The molecule has 3 rings (SSSR count). The van der Waals surface area contributed by atoms with Gasteiger partial charge in [0.05, 0.1) is 17.4 Å². The van der Waals surface area contributed by atoms with E-state index in [0.717, 1.165) is 23.2 Å². The van der Waals surface area contributed by atoms with Crippen LogP contribution < -0.4 is 5.43 Å². The maximum Gasteiger partial charge on any atom is 0.260 e. The molecule has 5 nitrogen and oxygen atoms in total. The number of fused-ring (bicyclic) bond motifs is 1. The molecule has 1 aromatic heterocycles. The molecule has 0 saturated heterocycles. The summed E-state index contributed by atoms with van der Waals surface area (Å²) in [7, 11) is 0. The van der Waals surface area contributed by atoms with Crippen molar-refractivity contribution in [3.63, 3.8) is 0 Å². The minimum absolute atomic E-state index is 0.105. The molecular formula is C19H26N4O. The molecule has 0 spiro atoms. The summed E-state index contributed by atoms with van der Waals surface area (Å²) in [5.74, 6) is 1.58. The molecule has 1 heterocycles. The quantitative estimate of drug-likeness (QED) is 0.873. The SMILES string of the molecule is CC(C)[C@H]1CC[C@@H](C)CC1=NNC(=O)Cn1cnc2ccccc21. The van der Waals surface area contributed by atoms with Crippen molar-refractivity contribution in [3.05, 3.63) is 30.6 Å². The summed E-state index contributed by atoms with van der Waals surface area (Å²) in [5, 5.41) is 4.48. The first-order valence-electron chi connectivity index (χ1n) is 8.79. The Hall–Kier alpha value is -2.17. The van der Waals surface area contributed by atoms with E-state index < -0.39 is 0 Å². The Morgan fingerprint density at radius 2 is 2.17 bits per heavy atom. The van der Waals surface area contributed by atoms with Crippen molar-refractivity contribution >= 4 is 22.7 Å². The molecule has 1 aliphatic rings. The number of imidazole rings is 1. The van der Waals surface area contributed by atoms with Gasteiger partial charge in [0.25, 0.3) is 5.91 Å². The minimum atomic E-state index is -0.105. The highest BCUT2D eigenvalue weighted by molar-refractivity contribution is 5.89. The Kier molecular flexibility index (Phi) is 4.97. The largest absolute Gasteiger partial charge is 0.321 e. The number of nitrogens with one attached hydrogen (secondary N) is 1. The van der Waals surface area contributed by atoms with Gasteiger partial charge in [0, 0.05) is 11.6 Å². The molecule has 0 bridgehead atoms.